The predicted octanol–water partition coefficient (Wildman–Crippen LogP) is 0.576. The Kier molecular flexibility index (Phi) is 4.16. The molecule has 1 saturated heterocycles. The lowest BCUT2D eigenvalue weighted by atomic mass is 10.1. The summed E-state index contributed by atoms with van der Waals surface area (Å²) in [6, 6.07) is 1.46. The smallest absolute Gasteiger partial charge is 0.242 e. The van der Waals surface area contributed by atoms with Gasteiger partial charge in [0.05, 0.1) is 0 Å². The van der Waals surface area contributed by atoms with E-state index in [0.29, 0.717) is 17.5 Å². The molecule has 1 fully saturated rings. The number of nitrogens with zero attached hydrogens (tertiary/aromatic N) is 2. The first-order valence-corrected chi connectivity index (χ1v) is 6.50. The highest BCUT2D eigenvalue weighted by atomic mass is 16.2. The summed E-state index contributed by atoms with van der Waals surface area (Å²) in [5, 5.41) is 5.98. The molecular formula is C12H20N6O. The molecule has 1 atom stereocenters. The average molecular weight is 264 g/mol. The van der Waals surface area contributed by atoms with Crippen LogP contribution < -0.4 is 21.9 Å². The van der Waals surface area contributed by atoms with Gasteiger partial charge < -0.3 is 16.1 Å². The number of anilines is 2. The van der Waals surface area contributed by atoms with Crippen LogP contribution in [0.3, 0.4) is 0 Å². The van der Waals surface area contributed by atoms with Crippen molar-refractivity contribution in [3.63, 3.8) is 0 Å². The van der Waals surface area contributed by atoms with E-state index in [9.17, 15) is 4.79 Å². The maximum absolute atomic E-state index is 11.7. The van der Waals surface area contributed by atoms with Crippen LogP contribution in [-0.4, -0.2) is 28.5 Å². The van der Waals surface area contributed by atoms with E-state index >= 15 is 0 Å². The van der Waals surface area contributed by atoms with Crippen LogP contribution in [-0.2, 0) is 4.79 Å². The van der Waals surface area contributed by atoms with Crippen LogP contribution in [0.5, 0.6) is 0 Å². The SMILES string of the molecule is CC(C)c1nc(NN)cc(NC2CCCNC2=O)n1. The van der Waals surface area contributed by atoms with Crippen LogP contribution >= 0.6 is 0 Å². The van der Waals surface area contributed by atoms with Gasteiger partial charge in [0, 0.05) is 18.5 Å². The van der Waals surface area contributed by atoms with Crippen LogP contribution in [0.15, 0.2) is 6.07 Å². The molecule has 2 rings (SSSR count). The number of carbonyl (C=O) groups excluding carboxylic acids is 1. The molecule has 0 aliphatic carbocycles. The van der Waals surface area contributed by atoms with Crippen molar-refractivity contribution in [3.8, 4) is 0 Å². The van der Waals surface area contributed by atoms with Gasteiger partial charge in [0.25, 0.3) is 0 Å². The Morgan fingerprint density at radius 1 is 1.42 bits per heavy atom. The quantitative estimate of drug-likeness (QED) is 0.468. The van der Waals surface area contributed by atoms with E-state index in [-0.39, 0.29) is 17.9 Å². The minimum atomic E-state index is -0.241. The normalized spacial score (nSPS) is 19.2. The zero-order valence-corrected chi connectivity index (χ0v) is 11.2. The van der Waals surface area contributed by atoms with Crippen molar-refractivity contribution in [1.29, 1.82) is 0 Å². The van der Waals surface area contributed by atoms with E-state index in [2.05, 4.69) is 26.0 Å². The number of carbonyl (C=O) groups is 1. The van der Waals surface area contributed by atoms with Crippen molar-refractivity contribution >= 4 is 17.5 Å². The van der Waals surface area contributed by atoms with Crippen LogP contribution in [0.4, 0.5) is 11.6 Å². The molecule has 1 aliphatic rings. The molecule has 1 aliphatic heterocycles. The van der Waals surface area contributed by atoms with E-state index < -0.39 is 0 Å². The summed E-state index contributed by atoms with van der Waals surface area (Å²) in [5.74, 6) is 7.45. The molecule has 2 heterocycles. The second-order valence-electron chi connectivity index (χ2n) is 4.93. The fourth-order valence-corrected chi connectivity index (χ4v) is 1.96. The molecule has 0 bridgehead atoms. The average Bonchev–Trinajstić information content (AvgIpc) is 2.41. The van der Waals surface area contributed by atoms with Crippen LogP contribution in [0.1, 0.15) is 38.4 Å². The minimum Gasteiger partial charge on any atom is -0.358 e. The second kappa shape index (κ2) is 5.83. The van der Waals surface area contributed by atoms with Gasteiger partial charge >= 0.3 is 0 Å². The Hall–Kier alpha value is -1.89. The molecule has 7 nitrogen and oxygen atoms in total. The zero-order chi connectivity index (χ0) is 13.8. The number of piperidine rings is 1. The van der Waals surface area contributed by atoms with Gasteiger partial charge in [-0.2, -0.15) is 0 Å². The maximum Gasteiger partial charge on any atom is 0.242 e. The maximum atomic E-state index is 11.7. The van der Waals surface area contributed by atoms with Crippen molar-refractivity contribution in [3.05, 3.63) is 11.9 Å². The van der Waals surface area contributed by atoms with Gasteiger partial charge in [0.1, 0.15) is 23.5 Å². The summed E-state index contributed by atoms with van der Waals surface area (Å²) in [5.41, 5.74) is 2.52. The van der Waals surface area contributed by atoms with Gasteiger partial charge in [0.2, 0.25) is 5.91 Å². The van der Waals surface area contributed by atoms with Gasteiger partial charge in [-0.05, 0) is 12.8 Å². The number of nitrogens with one attached hydrogen (secondary N) is 3. The van der Waals surface area contributed by atoms with Gasteiger partial charge in [-0.3, -0.25) is 4.79 Å². The summed E-state index contributed by atoms with van der Waals surface area (Å²) in [6.45, 7) is 4.76. The molecule has 19 heavy (non-hydrogen) atoms. The number of amides is 1. The third-order valence-electron chi connectivity index (χ3n) is 3.02. The largest absolute Gasteiger partial charge is 0.358 e. The van der Waals surface area contributed by atoms with Gasteiger partial charge in [-0.1, -0.05) is 13.8 Å². The highest BCUT2D eigenvalue weighted by Crippen LogP contribution is 2.18. The molecule has 1 aromatic rings. The van der Waals surface area contributed by atoms with Crippen molar-refractivity contribution in [2.45, 2.75) is 38.6 Å². The molecule has 104 valence electrons. The number of hydrogen-bond donors (Lipinski definition) is 4. The monoisotopic (exact) mass is 264 g/mol. The first-order valence-electron chi connectivity index (χ1n) is 6.50. The molecule has 1 aromatic heterocycles. The first kappa shape index (κ1) is 13.5. The molecular weight excluding hydrogens is 244 g/mol. The van der Waals surface area contributed by atoms with Crippen molar-refractivity contribution < 1.29 is 4.79 Å². The van der Waals surface area contributed by atoms with Gasteiger partial charge in [-0.25, -0.2) is 15.8 Å². The Labute approximate surface area is 112 Å². The highest BCUT2D eigenvalue weighted by Gasteiger charge is 2.22. The number of hydrazine groups is 1. The summed E-state index contributed by atoms with van der Waals surface area (Å²) in [7, 11) is 0. The number of rotatable bonds is 4. The fourth-order valence-electron chi connectivity index (χ4n) is 1.96. The van der Waals surface area contributed by atoms with Crippen LogP contribution in [0.2, 0.25) is 0 Å². The van der Waals surface area contributed by atoms with Crippen molar-refractivity contribution in [2.75, 3.05) is 17.3 Å². The molecule has 0 spiro atoms. The number of nitrogens with two attached hydrogens (primary N) is 1. The zero-order valence-electron chi connectivity index (χ0n) is 11.2. The topological polar surface area (TPSA) is 105 Å². The Bertz CT molecular complexity index is 462. The lowest BCUT2D eigenvalue weighted by Crippen LogP contribution is -2.44. The van der Waals surface area contributed by atoms with E-state index in [1.165, 1.54) is 0 Å². The summed E-state index contributed by atoms with van der Waals surface area (Å²) < 4.78 is 0. The molecule has 0 saturated carbocycles. The second-order valence-corrected chi connectivity index (χ2v) is 4.93. The van der Waals surface area contributed by atoms with E-state index in [1.54, 1.807) is 6.07 Å². The lowest BCUT2D eigenvalue weighted by molar-refractivity contribution is -0.123. The number of hydrogen-bond acceptors (Lipinski definition) is 6. The van der Waals surface area contributed by atoms with Crippen molar-refractivity contribution in [1.82, 2.24) is 15.3 Å². The minimum absolute atomic E-state index is 0.0122. The third kappa shape index (κ3) is 3.31. The lowest BCUT2D eigenvalue weighted by Gasteiger charge is -2.23. The molecule has 7 heteroatoms. The van der Waals surface area contributed by atoms with Crippen molar-refractivity contribution in [2.24, 2.45) is 5.84 Å². The van der Waals surface area contributed by atoms with Crippen LogP contribution in [0, 0.1) is 0 Å². The molecule has 0 aromatic carbocycles. The highest BCUT2D eigenvalue weighted by molar-refractivity contribution is 5.85. The molecule has 1 amide bonds. The van der Waals surface area contributed by atoms with E-state index in [4.69, 9.17) is 5.84 Å². The first-order chi connectivity index (χ1) is 9.10. The molecule has 5 N–H and O–H groups in total. The fraction of sp³-hybridized carbons (Fsp3) is 0.583. The van der Waals surface area contributed by atoms with Crippen LogP contribution in [0.25, 0.3) is 0 Å². The molecule has 0 radical (unpaired) electrons. The third-order valence-corrected chi connectivity index (χ3v) is 3.02. The summed E-state index contributed by atoms with van der Waals surface area (Å²) in [4.78, 5) is 20.4. The van der Waals surface area contributed by atoms with Gasteiger partial charge in [-0.15, -0.1) is 0 Å². The standard InChI is InChI=1S/C12H20N6O/c1-7(2)11-16-9(6-10(17-11)18-13)15-8-4-3-5-14-12(8)19/h6-8H,3-5,13H2,1-2H3,(H,14,19)(H2,15,16,17,18). The van der Waals surface area contributed by atoms with E-state index in [0.717, 1.165) is 19.4 Å². The molecule has 1 unspecified atom stereocenters. The number of nitrogen functional groups attached to an aromatic ring is 1. The Morgan fingerprint density at radius 3 is 2.79 bits per heavy atom. The van der Waals surface area contributed by atoms with Gasteiger partial charge in [0.15, 0.2) is 0 Å². The Balaban J connectivity index is 2.18. The number of aromatic nitrogens is 2. The summed E-state index contributed by atoms with van der Waals surface area (Å²) >= 11 is 0. The Morgan fingerprint density at radius 2 is 2.16 bits per heavy atom. The predicted molar refractivity (Wildman–Crippen MR) is 73.6 cm³/mol. The summed E-state index contributed by atoms with van der Waals surface area (Å²) in [6.07, 6.45) is 1.77. The van der Waals surface area contributed by atoms with E-state index in [1.807, 2.05) is 13.8 Å².